The molecule has 5 nitrogen and oxygen atoms in total. The van der Waals surface area contributed by atoms with Crippen molar-refractivity contribution in [3.05, 3.63) is 47.3 Å². The number of carbonyl (C=O) groups excluding carboxylic acids is 1. The maximum Gasteiger partial charge on any atom is 0.271 e. The molecule has 1 aromatic heterocycles. The molecule has 0 aliphatic carbocycles. The third-order valence-corrected chi connectivity index (χ3v) is 3.13. The quantitative estimate of drug-likeness (QED) is 0.884. The van der Waals surface area contributed by atoms with Crippen molar-refractivity contribution < 1.29 is 4.79 Å². The number of hydrogen-bond acceptors (Lipinski definition) is 3. The zero-order valence-corrected chi connectivity index (χ0v) is 12.1. The molecule has 20 heavy (non-hydrogen) atoms. The molecular formula is C15H20N4O. The van der Waals surface area contributed by atoms with Gasteiger partial charge in [-0.15, -0.1) is 0 Å². The van der Waals surface area contributed by atoms with Gasteiger partial charge in [0.15, 0.2) is 5.69 Å². The predicted molar refractivity (Wildman–Crippen MR) is 79.0 cm³/mol. The van der Waals surface area contributed by atoms with Crippen LogP contribution in [0.25, 0.3) is 5.69 Å². The Labute approximate surface area is 118 Å². The first-order chi connectivity index (χ1) is 9.51. The van der Waals surface area contributed by atoms with E-state index < -0.39 is 0 Å². The lowest BCUT2D eigenvalue weighted by molar-refractivity contribution is 0.0957. The van der Waals surface area contributed by atoms with Crippen LogP contribution < -0.4 is 11.1 Å². The number of rotatable bonds is 4. The summed E-state index contributed by atoms with van der Waals surface area (Å²) in [5.41, 5.74) is 9.48. The van der Waals surface area contributed by atoms with Crippen LogP contribution in [0.4, 0.5) is 0 Å². The fourth-order valence-corrected chi connectivity index (χ4v) is 2.11. The molecule has 0 saturated heterocycles. The van der Waals surface area contributed by atoms with Crippen LogP contribution in [0.3, 0.4) is 0 Å². The molecule has 5 heteroatoms. The van der Waals surface area contributed by atoms with Crippen LogP contribution in [0.2, 0.25) is 0 Å². The molecule has 1 atom stereocenters. The van der Waals surface area contributed by atoms with Crippen molar-refractivity contribution in [3.8, 4) is 5.69 Å². The molecule has 0 radical (unpaired) electrons. The molecule has 2 aromatic rings. The minimum Gasteiger partial charge on any atom is -0.354 e. The average molecular weight is 272 g/mol. The fraction of sp³-hybridized carbons (Fsp3) is 0.333. The molecule has 0 saturated carbocycles. The Bertz CT molecular complexity index is 616. The van der Waals surface area contributed by atoms with Gasteiger partial charge in [-0.05, 0) is 43.5 Å². The van der Waals surface area contributed by atoms with E-state index in [0.717, 1.165) is 23.2 Å². The Morgan fingerprint density at radius 2 is 2.20 bits per heavy atom. The van der Waals surface area contributed by atoms with Gasteiger partial charge in [-0.3, -0.25) is 4.79 Å². The first-order valence-electron chi connectivity index (χ1n) is 6.64. The number of carbonyl (C=O) groups is 1. The lowest BCUT2D eigenvalue weighted by Gasteiger charge is -2.10. The Hall–Kier alpha value is -2.14. The Morgan fingerprint density at radius 3 is 2.85 bits per heavy atom. The Kier molecular flexibility index (Phi) is 4.20. The van der Waals surface area contributed by atoms with Crippen LogP contribution in [-0.4, -0.2) is 28.8 Å². The molecule has 0 spiro atoms. The SMILES string of the molecule is CNC(=O)c1ccn(-c2cc(CC(C)N)ccc2C)n1. The van der Waals surface area contributed by atoms with Crippen molar-refractivity contribution >= 4 is 5.91 Å². The second-order valence-corrected chi connectivity index (χ2v) is 5.03. The van der Waals surface area contributed by atoms with E-state index in [1.54, 1.807) is 24.0 Å². The van der Waals surface area contributed by atoms with Crippen molar-refractivity contribution in [3.63, 3.8) is 0 Å². The fourth-order valence-electron chi connectivity index (χ4n) is 2.11. The molecule has 1 unspecified atom stereocenters. The van der Waals surface area contributed by atoms with E-state index in [1.165, 1.54) is 0 Å². The van der Waals surface area contributed by atoms with E-state index in [-0.39, 0.29) is 11.9 Å². The molecule has 0 aliphatic rings. The number of nitrogens with two attached hydrogens (primary N) is 1. The van der Waals surface area contributed by atoms with E-state index in [0.29, 0.717) is 5.69 Å². The highest BCUT2D eigenvalue weighted by atomic mass is 16.1. The van der Waals surface area contributed by atoms with Crippen LogP contribution in [0, 0.1) is 6.92 Å². The summed E-state index contributed by atoms with van der Waals surface area (Å²) < 4.78 is 1.73. The number of hydrogen-bond donors (Lipinski definition) is 2. The van der Waals surface area contributed by atoms with Gasteiger partial charge in [0.05, 0.1) is 5.69 Å². The number of benzene rings is 1. The van der Waals surface area contributed by atoms with Crippen molar-refractivity contribution in [2.24, 2.45) is 5.73 Å². The van der Waals surface area contributed by atoms with Gasteiger partial charge in [-0.1, -0.05) is 12.1 Å². The van der Waals surface area contributed by atoms with Crippen LogP contribution in [-0.2, 0) is 6.42 Å². The Balaban J connectivity index is 2.36. The van der Waals surface area contributed by atoms with Crippen LogP contribution >= 0.6 is 0 Å². The van der Waals surface area contributed by atoms with Crippen LogP contribution in [0.1, 0.15) is 28.5 Å². The van der Waals surface area contributed by atoms with Gasteiger partial charge >= 0.3 is 0 Å². The van der Waals surface area contributed by atoms with E-state index >= 15 is 0 Å². The normalized spacial score (nSPS) is 12.2. The Morgan fingerprint density at radius 1 is 1.45 bits per heavy atom. The maximum atomic E-state index is 11.6. The molecule has 1 amide bonds. The third-order valence-electron chi connectivity index (χ3n) is 3.13. The molecule has 0 bridgehead atoms. The van der Waals surface area contributed by atoms with Gasteiger partial charge < -0.3 is 11.1 Å². The third kappa shape index (κ3) is 3.05. The average Bonchev–Trinajstić information content (AvgIpc) is 2.89. The standard InChI is InChI=1S/C15H20N4O/c1-10-4-5-12(8-11(2)16)9-14(10)19-7-6-13(18-19)15(20)17-3/h4-7,9,11H,8,16H2,1-3H3,(H,17,20). The number of nitrogens with one attached hydrogen (secondary N) is 1. The molecule has 0 aliphatic heterocycles. The van der Waals surface area contributed by atoms with Crippen LogP contribution in [0.15, 0.2) is 30.5 Å². The first kappa shape index (κ1) is 14.3. The topological polar surface area (TPSA) is 72.9 Å². The van der Waals surface area contributed by atoms with E-state index in [1.807, 2.05) is 19.9 Å². The molecule has 0 fully saturated rings. The van der Waals surface area contributed by atoms with E-state index in [9.17, 15) is 4.79 Å². The monoisotopic (exact) mass is 272 g/mol. The largest absolute Gasteiger partial charge is 0.354 e. The smallest absolute Gasteiger partial charge is 0.271 e. The lowest BCUT2D eigenvalue weighted by Crippen LogP contribution is -2.19. The van der Waals surface area contributed by atoms with E-state index in [2.05, 4.69) is 22.5 Å². The highest BCUT2D eigenvalue weighted by molar-refractivity contribution is 5.91. The van der Waals surface area contributed by atoms with Gasteiger partial charge in [0.25, 0.3) is 5.91 Å². The summed E-state index contributed by atoms with van der Waals surface area (Å²) >= 11 is 0. The summed E-state index contributed by atoms with van der Waals surface area (Å²) in [5.74, 6) is -0.187. The van der Waals surface area contributed by atoms with Crippen molar-refractivity contribution in [2.45, 2.75) is 26.3 Å². The van der Waals surface area contributed by atoms with Crippen LogP contribution in [0.5, 0.6) is 0 Å². The van der Waals surface area contributed by atoms with Gasteiger partial charge in [-0.25, -0.2) is 4.68 Å². The predicted octanol–water partition coefficient (Wildman–Crippen LogP) is 1.43. The maximum absolute atomic E-state index is 11.6. The number of amides is 1. The molecule has 1 heterocycles. The highest BCUT2D eigenvalue weighted by Gasteiger charge is 2.10. The van der Waals surface area contributed by atoms with Gasteiger partial charge in [0.1, 0.15) is 0 Å². The number of aryl methyl sites for hydroxylation is 1. The van der Waals surface area contributed by atoms with Crippen molar-refractivity contribution in [1.82, 2.24) is 15.1 Å². The molecule has 106 valence electrons. The number of nitrogens with zero attached hydrogens (tertiary/aromatic N) is 2. The summed E-state index contributed by atoms with van der Waals surface area (Å²) in [6.45, 7) is 4.00. The summed E-state index contributed by atoms with van der Waals surface area (Å²) in [6.07, 6.45) is 2.61. The van der Waals surface area contributed by atoms with E-state index in [4.69, 9.17) is 5.73 Å². The molecule has 2 rings (SSSR count). The highest BCUT2D eigenvalue weighted by Crippen LogP contribution is 2.17. The summed E-state index contributed by atoms with van der Waals surface area (Å²) in [5, 5.41) is 6.87. The summed E-state index contributed by atoms with van der Waals surface area (Å²) in [4.78, 5) is 11.6. The molecular weight excluding hydrogens is 252 g/mol. The summed E-state index contributed by atoms with van der Waals surface area (Å²) in [7, 11) is 1.59. The van der Waals surface area contributed by atoms with Gasteiger partial charge in [0.2, 0.25) is 0 Å². The molecule has 1 aromatic carbocycles. The zero-order chi connectivity index (χ0) is 14.7. The van der Waals surface area contributed by atoms with Crippen molar-refractivity contribution in [1.29, 1.82) is 0 Å². The second-order valence-electron chi connectivity index (χ2n) is 5.03. The van der Waals surface area contributed by atoms with Gasteiger partial charge in [-0.2, -0.15) is 5.10 Å². The number of aromatic nitrogens is 2. The summed E-state index contributed by atoms with van der Waals surface area (Å²) in [6, 6.07) is 8.01. The minimum atomic E-state index is -0.187. The first-order valence-corrected chi connectivity index (χ1v) is 6.64. The zero-order valence-electron chi connectivity index (χ0n) is 12.1. The lowest BCUT2D eigenvalue weighted by atomic mass is 10.0. The van der Waals surface area contributed by atoms with Gasteiger partial charge in [0, 0.05) is 19.3 Å². The van der Waals surface area contributed by atoms with Crippen molar-refractivity contribution in [2.75, 3.05) is 7.05 Å². The minimum absolute atomic E-state index is 0.115. The molecule has 3 N–H and O–H groups in total. The second kappa shape index (κ2) is 5.88.